The molecule has 1 saturated carbocycles. The minimum atomic E-state index is -2.52. The van der Waals surface area contributed by atoms with Crippen LogP contribution in [0, 0.1) is 12.8 Å². The number of aromatic nitrogens is 3. The number of nitrogens with zero attached hydrogens (tertiary/aromatic N) is 6. The molecule has 1 atom stereocenters. The van der Waals surface area contributed by atoms with Crippen molar-refractivity contribution in [2.24, 2.45) is 5.92 Å². The van der Waals surface area contributed by atoms with Crippen LogP contribution in [0.25, 0.3) is 11.3 Å². The van der Waals surface area contributed by atoms with Crippen LogP contribution >= 0.6 is 12.1 Å². The molecular formula is C27H30F2N6S. The summed E-state index contributed by atoms with van der Waals surface area (Å²) < 4.78 is 30.9. The van der Waals surface area contributed by atoms with Gasteiger partial charge in [-0.25, -0.2) is 23.7 Å². The molecule has 1 aromatic carbocycles. The Kier molecular flexibility index (Phi) is 6.08. The highest BCUT2D eigenvalue weighted by Crippen LogP contribution is 2.52. The molecule has 2 aromatic heterocycles. The molecule has 3 aromatic rings. The van der Waals surface area contributed by atoms with E-state index >= 15 is 0 Å². The number of aryl methyl sites for hydroxylation is 1. The number of likely N-dealkylation sites (tertiary alicyclic amines) is 1. The summed E-state index contributed by atoms with van der Waals surface area (Å²) in [5.41, 5.74) is 5.39. The number of hydrogen-bond acceptors (Lipinski definition) is 7. The Bertz CT molecular complexity index is 1250. The summed E-state index contributed by atoms with van der Waals surface area (Å²) in [7, 11) is 1.94. The number of pyridine rings is 1. The van der Waals surface area contributed by atoms with Crippen LogP contribution in [-0.2, 0) is 6.54 Å². The first-order valence-electron chi connectivity index (χ1n) is 12.5. The quantitative estimate of drug-likeness (QED) is 0.396. The van der Waals surface area contributed by atoms with Gasteiger partial charge in [-0.3, -0.25) is 13.5 Å². The Morgan fingerprint density at radius 3 is 2.56 bits per heavy atom. The van der Waals surface area contributed by atoms with Crippen molar-refractivity contribution >= 4 is 23.6 Å². The maximum atomic E-state index is 13.5. The topological polar surface area (TPSA) is 48.4 Å². The first-order chi connectivity index (χ1) is 17.4. The molecular weight excluding hydrogens is 478 g/mol. The van der Waals surface area contributed by atoms with Gasteiger partial charge in [-0.1, -0.05) is 12.1 Å². The van der Waals surface area contributed by atoms with Crippen LogP contribution in [0.3, 0.4) is 0 Å². The van der Waals surface area contributed by atoms with Crippen LogP contribution < -0.4 is 8.61 Å². The number of fused-ring (bicyclic) bond motifs is 1. The zero-order chi connectivity index (χ0) is 24.9. The second-order valence-electron chi connectivity index (χ2n) is 10.1. The number of alkyl halides is 2. The molecule has 2 aliphatic heterocycles. The zero-order valence-corrected chi connectivity index (χ0v) is 21.4. The van der Waals surface area contributed by atoms with Gasteiger partial charge in [0.1, 0.15) is 5.82 Å². The van der Waals surface area contributed by atoms with Crippen LogP contribution in [0.1, 0.15) is 42.1 Å². The minimum absolute atomic E-state index is 0.0156. The average Bonchev–Trinajstić information content (AvgIpc) is 3.37. The fourth-order valence-corrected chi connectivity index (χ4v) is 6.20. The van der Waals surface area contributed by atoms with Gasteiger partial charge in [0.25, 0.3) is 5.92 Å². The Morgan fingerprint density at radius 2 is 1.83 bits per heavy atom. The highest BCUT2D eigenvalue weighted by Gasteiger charge is 2.57. The number of rotatable bonds is 6. The van der Waals surface area contributed by atoms with Crippen molar-refractivity contribution < 1.29 is 8.78 Å². The van der Waals surface area contributed by atoms with Crippen LogP contribution in [0.2, 0.25) is 0 Å². The van der Waals surface area contributed by atoms with E-state index in [1.165, 1.54) is 23.3 Å². The largest absolute Gasteiger partial charge is 0.299 e. The molecule has 0 radical (unpaired) electrons. The summed E-state index contributed by atoms with van der Waals surface area (Å²) in [6.07, 6.45) is 5.79. The molecule has 0 amide bonds. The van der Waals surface area contributed by atoms with E-state index in [4.69, 9.17) is 4.98 Å². The van der Waals surface area contributed by atoms with Gasteiger partial charge in [0.05, 0.1) is 23.5 Å². The Labute approximate surface area is 215 Å². The van der Waals surface area contributed by atoms with Gasteiger partial charge in [0.2, 0.25) is 0 Å². The van der Waals surface area contributed by atoms with Crippen LogP contribution in [0.5, 0.6) is 0 Å². The summed E-state index contributed by atoms with van der Waals surface area (Å²) in [4.78, 5) is 16.4. The summed E-state index contributed by atoms with van der Waals surface area (Å²) in [6.45, 7) is 5.42. The zero-order valence-electron chi connectivity index (χ0n) is 20.6. The standard InChI is InChI=1S/C27H30F2N6S/c1-18-4-5-19(16-34-12-8-20(9-13-34)25-30-10-3-11-31-25)14-22(18)23-6-7-24-26(32-23)33(2)36-35(24)17-21-15-27(21,28)29/h3-7,10-11,14,20-21H,8-9,12-13,15-17H2,1-2H3. The van der Waals surface area contributed by atoms with Gasteiger partial charge in [-0.2, -0.15) is 0 Å². The lowest BCUT2D eigenvalue weighted by atomic mass is 9.95. The van der Waals surface area contributed by atoms with Crippen molar-refractivity contribution in [1.82, 2.24) is 19.9 Å². The van der Waals surface area contributed by atoms with Crippen LogP contribution in [-0.4, -0.2) is 52.5 Å². The first kappa shape index (κ1) is 23.6. The van der Waals surface area contributed by atoms with E-state index < -0.39 is 11.8 Å². The van der Waals surface area contributed by atoms with Crippen molar-refractivity contribution in [2.75, 3.05) is 35.3 Å². The third-order valence-corrected chi connectivity index (χ3v) is 8.47. The molecule has 9 heteroatoms. The van der Waals surface area contributed by atoms with E-state index in [9.17, 15) is 8.78 Å². The van der Waals surface area contributed by atoms with Crippen LogP contribution in [0.4, 0.5) is 20.3 Å². The highest BCUT2D eigenvalue weighted by molar-refractivity contribution is 8.02. The summed E-state index contributed by atoms with van der Waals surface area (Å²) >= 11 is 1.45. The third-order valence-electron chi connectivity index (χ3n) is 7.51. The molecule has 3 aliphatic rings. The minimum Gasteiger partial charge on any atom is -0.299 e. The maximum absolute atomic E-state index is 13.5. The van der Waals surface area contributed by atoms with Gasteiger partial charge >= 0.3 is 0 Å². The fourth-order valence-electron chi connectivity index (χ4n) is 5.22. The average molecular weight is 509 g/mol. The lowest BCUT2D eigenvalue weighted by Gasteiger charge is -2.31. The number of anilines is 2. The molecule has 2 fully saturated rings. The Balaban J connectivity index is 1.15. The maximum Gasteiger partial charge on any atom is 0.253 e. The van der Waals surface area contributed by atoms with Gasteiger partial charge in [0.15, 0.2) is 5.82 Å². The third kappa shape index (κ3) is 4.66. The second-order valence-corrected chi connectivity index (χ2v) is 11.3. The molecule has 4 heterocycles. The van der Waals surface area contributed by atoms with Crippen molar-refractivity contribution in [1.29, 1.82) is 0 Å². The second kappa shape index (κ2) is 9.27. The summed E-state index contributed by atoms with van der Waals surface area (Å²) in [5.74, 6) is -0.848. The van der Waals surface area contributed by atoms with Crippen molar-refractivity contribution in [3.05, 3.63) is 65.7 Å². The van der Waals surface area contributed by atoms with Crippen molar-refractivity contribution in [3.8, 4) is 11.3 Å². The Hall–Kier alpha value is -2.78. The van der Waals surface area contributed by atoms with E-state index in [1.54, 1.807) is 0 Å². The molecule has 1 saturated heterocycles. The lowest BCUT2D eigenvalue weighted by molar-refractivity contribution is 0.101. The number of halogens is 2. The monoisotopic (exact) mass is 508 g/mol. The molecule has 0 bridgehead atoms. The van der Waals surface area contributed by atoms with E-state index in [2.05, 4.69) is 40.0 Å². The van der Waals surface area contributed by atoms with E-state index in [-0.39, 0.29) is 6.42 Å². The molecule has 0 spiro atoms. The predicted molar refractivity (Wildman–Crippen MR) is 140 cm³/mol. The number of benzene rings is 1. The Morgan fingerprint density at radius 1 is 1.08 bits per heavy atom. The van der Waals surface area contributed by atoms with E-state index in [0.717, 1.165) is 61.1 Å². The van der Waals surface area contributed by atoms with Gasteiger partial charge in [-0.15, -0.1) is 0 Å². The first-order valence-corrected chi connectivity index (χ1v) is 13.3. The van der Waals surface area contributed by atoms with E-state index in [0.29, 0.717) is 12.5 Å². The van der Waals surface area contributed by atoms with Gasteiger partial charge in [0, 0.05) is 56.4 Å². The summed E-state index contributed by atoms with van der Waals surface area (Å²) in [5, 5.41) is 0. The van der Waals surface area contributed by atoms with Crippen molar-refractivity contribution in [3.63, 3.8) is 0 Å². The predicted octanol–water partition coefficient (Wildman–Crippen LogP) is 5.70. The molecule has 6 rings (SSSR count). The molecule has 188 valence electrons. The highest BCUT2D eigenvalue weighted by atomic mass is 32.2. The normalized spacial score (nSPS) is 21.6. The van der Waals surface area contributed by atoms with Gasteiger partial charge < -0.3 is 0 Å². The van der Waals surface area contributed by atoms with Crippen LogP contribution in [0.15, 0.2) is 48.8 Å². The molecule has 0 N–H and O–H groups in total. The molecule has 36 heavy (non-hydrogen) atoms. The molecule has 1 unspecified atom stereocenters. The fraction of sp³-hybridized carbons (Fsp3) is 0.444. The molecule has 1 aliphatic carbocycles. The smallest absolute Gasteiger partial charge is 0.253 e. The number of piperidine rings is 1. The summed E-state index contributed by atoms with van der Waals surface area (Å²) in [6, 6.07) is 12.5. The number of hydrogen-bond donors (Lipinski definition) is 0. The SMILES string of the molecule is Cc1ccc(CN2CCC(c3ncccn3)CC2)cc1-c1ccc2c(n1)N(C)SN2CC1CC1(F)F. The van der Waals surface area contributed by atoms with Gasteiger partial charge in [-0.05, 0) is 68.2 Å². The lowest BCUT2D eigenvalue weighted by Crippen LogP contribution is -2.33. The molecule has 6 nitrogen and oxygen atoms in total. The van der Waals surface area contributed by atoms with E-state index in [1.807, 2.05) is 46.3 Å². The van der Waals surface area contributed by atoms with Crippen molar-refractivity contribution in [2.45, 2.75) is 44.6 Å².